The molecule has 1 N–H and O–H groups in total. The Kier molecular flexibility index (Phi) is 5.12. The van der Waals surface area contributed by atoms with E-state index in [2.05, 4.69) is 10.3 Å². The maximum atomic E-state index is 12.2. The number of aryl methyl sites for hydroxylation is 2. The number of hydrogen-bond donors (Lipinski definition) is 1. The molecule has 0 fully saturated rings. The van der Waals surface area contributed by atoms with Crippen LogP contribution in [0, 0.1) is 29.9 Å². The smallest absolute Gasteiger partial charge is 0.269 e. The predicted molar refractivity (Wildman–Crippen MR) is 99.7 cm³/mol. The van der Waals surface area contributed by atoms with Crippen LogP contribution in [-0.4, -0.2) is 23.3 Å². The number of hydrogen-bond acceptors (Lipinski definition) is 4. The number of nitrogens with one attached hydrogen (secondary N) is 1. The first-order valence-corrected chi connectivity index (χ1v) is 8.59. The van der Waals surface area contributed by atoms with E-state index in [0.717, 1.165) is 16.3 Å². The average Bonchev–Trinajstić information content (AvgIpc) is 2.64. The fourth-order valence-corrected chi connectivity index (χ4v) is 2.93. The quantitative estimate of drug-likeness (QED) is 0.642. The van der Waals surface area contributed by atoms with E-state index < -0.39 is 4.92 Å². The monoisotopic (exact) mass is 365 g/mol. The van der Waals surface area contributed by atoms with E-state index in [9.17, 15) is 19.7 Å². The molecule has 138 valence electrons. The Labute approximate surface area is 155 Å². The molecule has 7 heteroatoms. The topological polar surface area (TPSA) is 102 Å². The molecule has 1 aliphatic rings. The number of benzene rings is 2. The second-order valence-electron chi connectivity index (χ2n) is 6.57. The van der Waals surface area contributed by atoms with Gasteiger partial charge >= 0.3 is 0 Å². The van der Waals surface area contributed by atoms with Crippen LogP contribution in [0.2, 0.25) is 0 Å². The molecule has 2 aromatic rings. The normalized spacial score (nSPS) is 15.3. The summed E-state index contributed by atoms with van der Waals surface area (Å²) in [5.41, 5.74) is 2.49. The molecular weight excluding hydrogens is 346 g/mol. The number of carbonyl (C=O) groups is 2. The third kappa shape index (κ3) is 4.08. The summed E-state index contributed by atoms with van der Waals surface area (Å²) in [4.78, 5) is 38.7. The zero-order valence-corrected chi connectivity index (χ0v) is 15.1. The van der Waals surface area contributed by atoms with Gasteiger partial charge in [-0.2, -0.15) is 0 Å². The molecule has 1 heterocycles. The van der Waals surface area contributed by atoms with Crippen molar-refractivity contribution in [1.29, 1.82) is 0 Å². The molecule has 2 aromatic carbocycles. The van der Waals surface area contributed by atoms with Crippen LogP contribution >= 0.6 is 0 Å². The standard InChI is InChI=1S/C20H19N3O4/c1-12-9-16-11-15(20(25)22-18(16)10-13(12)2)7-8-21-19(24)14-3-5-17(6-4-14)23(26)27/h3-6,9-11,15H,7-8H2,1-2H3,(H,21,24). The third-order valence-electron chi connectivity index (χ3n) is 4.65. The summed E-state index contributed by atoms with van der Waals surface area (Å²) in [7, 11) is 0. The number of rotatable bonds is 5. The Balaban J connectivity index is 1.64. The molecule has 0 aromatic heterocycles. The van der Waals surface area contributed by atoms with Crippen molar-refractivity contribution < 1.29 is 14.5 Å². The summed E-state index contributed by atoms with van der Waals surface area (Å²) < 4.78 is 0. The lowest BCUT2D eigenvalue weighted by atomic mass is 9.98. The minimum atomic E-state index is -0.517. The van der Waals surface area contributed by atoms with Gasteiger partial charge in [-0.15, -0.1) is 0 Å². The Morgan fingerprint density at radius 2 is 1.85 bits per heavy atom. The van der Waals surface area contributed by atoms with Gasteiger partial charge in [0.15, 0.2) is 0 Å². The van der Waals surface area contributed by atoms with E-state index in [1.54, 1.807) is 0 Å². The first-order valence-electron chi connectivity index (χ1n) is 8.59. The highest BCUT2D eigenvalue weighted by Crippen LogP contribution is 2.13. The molecule has 0 saturated heterocycles. The van der Waals surface area contributed by atoms with Crippen molar-refractivity contribution in [1.82, 2.24) is 5.32 Å². The van der Waals surface area contributed by atoms with E-state index in [-0.39, 0.29) is 23.4 Å². The van der Waals surface area contributed by atoms with Gasteiger partial charge in [0.05, 0.1) is 16.2 Å². The van der Waals surface area contributed by atoms with Gasteiger partial charge in [-0.3, -0.25) is 19.7 Å². The van der Waals surface area contributed by atoms with Crippen molar-refractivity contribution in [2.45, 2.75) is 20.3 Å². The van der Waals surface area contributed by atoms with Crippen LogP contribution in [0.25, 0.3) is 6.08 Å². The maximum absolute atomic E-state index is 12.2. The van der Waals surface area contributed by atoms with Crippen molar-refractivity contribution in [3.63, 3.8) is 0 Å². The van der Waals surface area contributed by atoms with Gasteiger partial charge in [-0.1, -0.05) is 6.08 Å². The highest BCUT2D eigenvalue weighted by atomic mass is 16.6. The second-order valence-corrected chi connectivity index (χ2v) is 6.57. The van der Waals surface area contributed by atoms with Crippen molar-refractivity contribution in [3.05, 3.63) is 73.8 Å². The fourth-order valence-electron chi connectivity index (χ4n) is 2.93. The van der Waals surface area contributed by atoms with E-state index in [4.69, 9.17) is 0 Å². The molecule has 3 rings (SSSR count). The van der Waals surface area contributed by atoms with E-state index in [1.807, 2.05) is 32.1 Å². The SMILES string of the molecule is Cc1cc2c(cc1C)=NC(=O)C(CCNC(=O)c1ccc([N+](=O)[O-])cc1)C=2. The van der Waals surface area contributed by atoms with Crippen molar-refractivity contribution in [2.75, 3.05) is 6.54 Å². The zero-order valence-electron chi connectivity index (χ0n) is 15.1. The van der Waals surface area contributed by atoms with Crippen molar-refractivity contribution >= 4 is 23.6 Å². The number of carbonyl (C=O) groups excluding carboxylic acids is 2. The van der Waals surface area contributed by atoms with Gasteiger partial charge in [0.25, 0.3) is 17.5 Å². The summed E-state index contributed by atoms with van der Waals surface area (Å²) in [6, 6.07) is 9.31. The number of nitro benzene ring substituents is 1. The van der Waals surface area contributed by atoms with E-state index >= 15 is 0 Å². The average molecular weight is 365 g/mol. The molecule has 0 spiro atoms. The molecule has 1 atom stereocenters. The second kappa shape index (κ2) is 7.49. The summed E-state index contributed by atoms with van der Waals surface area (Å²) in [5.74, 6) is -0.927. The molecule has 1 aliphatic heterocycles. The van der Waals surface area contributed by atoms with Crippen LogP contribution in [0.5, 0.6) is 0 Å². The van der Waals surface area contributed by atoms with E-state index in [1.165, 1.54) is 24.3 Å². The summed E-state index contributed by atoms with van der Waals surface area (Å²) in [6.07, 6.45) is 2.34. The lowest BCUT2D eigenvalue weighted by molar-refractivity contribution is -0.384. The molecule has 2 amide bonds. The van der Waals surface area contributed by atoms with Gasteiger partial charge in [-0.05, 0) is 60.9 Å². The highest BCUT2D eigenvalue weighted by molar-refractivity contribution is 5.94. The number of amides is 2. The van der Waals surface area contributed by atoms with Crippen LogP contribution in [-0.2, 0) is 4.79 Å². The summed E-state index contributed by atoms with van der Waals surface area (Å²) >= 11 is 0. The van der Waals surface area contributed by atoms with Crippen LogP contribution in [0.3, 0.4) is 0 Å². The van der Waals surface area contributed by atoms with Gasteiger partial charge in [0.1, 0.15) is 0 Å². The zero-order chi connectivity index (χ0) is 19.6. The molecular formula is C20H19N3O4. The lowest BCUT2D eigenvalue weighted by Crippen LogP contribution is -2.36. The van der Waals surface area contributed by atoms with Gasteiger partial charge in [0, 0.05) is 24.2 Å². The van der Waals surface area contributed by atoms with Crippen LogP contribution in [0.1, 0.15) is 27.9 Å². The van der Waals surface area contributed by atoms with Gasteiger partial charge in [-0.25, -0.2) is 4.99 Å². The highest BCUT2D eigenvalue weighted by Gasteiger charge is 2.19. The molecule has 0 aliphatic carbocycles. The molecule has 0 radical (unpaired) electrons. The van der Waals surface area contributed by atoms with E-state index in [0.29, 0.717) is 23.9 Å². The van der Waals surface area contributed by atoms with Crippen molar-refractivity contribution in [3.8, 4) is 0 Å². The molecule has 1 unspecified atom stereocenters. The first kappa shape index (κ1) is 18.4. The lowest BCUT2D eigenvalue weighted by Gasteiger charge is -2.13. The Hall–Kier alpha value is -3.35. The predicted octanol–water partition coefficient (Wildman–Crippen LogP) is 1.59. The van der Waals surface area contributed by atoms with Gasteiger partial charge in [0.2, 0.25) is 0 Å². The van der Waals surface area contributed by atoms with Crippen LogP contribution in [0.4, 0.5) is 5.69 Å². The maximum Gasteiger partial charge on any atom is 0.269 e. The van der Waals surface area contributed by atoms with Crippen LogP contribution in [0.15, 0.2) is 41.4 Å². The number of fused-ring (bicyclic) bond motifs is 1. The minimum Gasteiger partial charge on any atom is -0.352 e. The minimum absolute atomic E-state index is 0.0697. The van der Waals surface area contributed by atoms with Gasteiger partial charge < -0.3 is 5.32 Å². The first-order chi connectivity index (χ1) is 12.8. The Morgan fingerprint density at radius 3 is 2.52 bits per heavy atom. The number of nitro groups is 1. The molecule has 0 saturated carbocycles. The van der Waals surface area contributed by atoms with Crippen molar-refractivity contribution in [2.24, 2.45) is 10.9 Å². The molecule has 7 nitrogen and oxygen atoms in total. The third-order valence-corrected chi connectivity index (χ3v) is 4.65. The molecule has 27 heavy (non-hydrogen) atoms. The number of nitrogens with zero attached hydrogens (tertiary/aromatic N) is 2. The fraction of sp³-hybridized carbons (Fsp3) is 0.250. The summed E-state index contributed by atoms with van der Waals surface area (Å²) in [5, 5.41) is 15.0. The largest absolute Gasteiger partial charge is 0.352 e. The summed E-state index contributed by atoms with van der Waals surface area (Å²) in [6.45, 7) is 4.30. The Bertz CT molecular complexity index is 1040. The van der Waals surface area contributed by atoms with Crippen LogP contribution < -0.4 is 15.9 Å². The molecule has 0 bridgehead atoms. The Morgan fingerprint density at radius 1 is 1.19 bits per heavy atom. The number of non-ortho nitro benzene ring substituents is 1.